The smallest absolute Gasteiger partial charge is 0.0960 e. The molecule has 0 aliphatic heterocycles. The molecule has 0 radical (unpaired) electrons. The highest BCUT2D eigenvalue weighted by molar-refractivity contribution is 5.84. The molecule has 98 valence electrons. The van der Waals surface area contributed by atoms with Crippen LogP contribution in [0.15, 0.2) is 30.5 Å². The zero-order valence-corrected chi connectivity index (χ0v) is 11.5. The zero-order valence-electron chi connectivity index (χ0n) is 11.5. The second-order valence-electron chi connectivity index (χ2n) is 5.27. The van der Waals surface area contributed by atoms with Crippen LogP contribution in [0.1, 0.15) is 32.4 Å². The molecular formula is C15H22N2O. The molecule has 0 amide bonds. The maximum Gasteiger partial charge on any atom is 0.0960 e. The molecule has 1 aromatic carbocycles. The van der Waals surface area contributed by atoms with Gasteiger partial charge in [-0.3, -0.25) is 0 Å². The summed E-state index contributed by atoms with van der Waals surface area (Å²) in [5.41, 5.74) is 2.15. The van der Waals surface area contributed by atoms with Crippen molar-refractivity contribution in [1.82, 2.24) is 9.88 Å². The van der Waals surface area contributed by atoms with Crippen molar-refractivity contribution >= 4 is 10.9 Å². The molecule has 0 aliphatic carbocycles. The lowest BCUT2D eigenvalue weighted by Gasteiger charge is -2.22. The number of aliphatic hydroxyl groups excluding tert-OH is 1. The van der Waals surface area contributed by atoms with Crippen molar-refractivity contribution < 1.29 is 5.11 Å². The predicted octanol–water partition coefficient (Wildman–Crippen LogP) is 2.60. The molecule has 1 aromatic heterocycles. The summed E-state index contributed by atoms with van der Waals surface area (Å²) in [5, 5.41) is 15.0. The van der Waals surface area contributed by atoms with E-state index in [2.05, 4.69) is 35.9 Å². The summed E-state index contributed by atoms with van der Waals surface area (Å²) in [6.45, 7) is 6.20. The molecule has 18 heavy (non-hydrogen) atoms. The number of rotatable bonds is 4. The molecule has 3 nitrogen and oxygen atoms in total. The number of nitrogens with one attached hydrogen (secondary N) is 1. The molecule has 0 spiro atoms. The van der Waals surface area contributed by atoms with Crippen molar-refractivity contribution in [3.8, 4) is 0 Å². The molecule has 0 saturated carbocycles. The maximum atomic E-state index is 10.5. The molecule has 3 heteroatoms. The average Bonchev–Trinajstić information content (AvgIpc) is 2.66. The largest absolute Gasteiger partial charge is 0.387 e. The number of aryl methyl sites for hydroxylation is 1. The van der Waals surface area contributed by atoms with E-state index >= 15 is 0 Å². The monoisotopic (exact) mass is 246 g/mol. The highest BCUT2D eigenvalue weighted by atomic mass is 16.3. The number of hydrogen-bond acceptors (Lipinski definition) is 2. The first kappa shape index (κ1) is 13.1. The van der Waals surface area contributed by atoms with Crippen LogP contribution in [0.2, 0.25) is 0 Å². The van der Waals surface area contributed by atoms with Crippen molar-refractivity contribution in [1.29, 1.82) is 0 Å². The molecule has 2 aromatic rings. The Hall–Kier alpha value is -1.32. The Labute approximate surface area is 108 Å². The summed E-state index contributed by atoms with van der Waals surface area (Å²) in [6, 6.07) is 8.58. The van der Waals surface area contributed by atoms with Crippen LogP contribution in [0.25, 0.3) is 10.9 Å². The minimum Gasteiger partial charge on any atom is -0.387 e. The van der Waals surface area contributed by atoms with E-state index in [0.717, 1.165) is 16.5 Å². The van der Waals surface area contributed by atoms with Crippen LogP contribution in [0, 0.1) is 0 Å². The Morgan fingerprint density at radius 2 is 1.83 bits per heavy atom. The van der Waals surface area contributed by atoms with Gasteiger partial charge in [0.1, 0.15) is 0 Å². The third-order valence-electron chi connectivity index (χ3n) is 3.32. The molecule has 2 unspecified atom stereocenters. The van der Waals surface area contributed by atoms with Gasteiger partial charge in [-0.05, 0) is 13.0 Å². The minimum absolute atomic E-state index is 0.0378. The fourth-order valence-electron chi connectivity index (χ4n) is 2.49. The van der Waals surface area contributed by atoms with E-state index in [-0.39, 0.29) is 6.04 Å². The number of aromatic nitrogens is 1. The molecule has 0 aliphatic rings. The van der Waals surface area contributed by atoms with Crippen LogP contribution in [-0.4, -0.2) is 21.8 Å². The Balaban J connectivity index is 2.36. The van der Waals surface area contributed by atoms with Crippen molar-refractivity contribution in [3.63, 3.8) is 0 Å². The van der Waals surface area contributed by atoms with E-state index in [4.69, 9.17) is 0 Å². The molecule has 1 heterocycles. The highest BCUT2D eigenvalue weighted by Crippen LogP contribution is 2.27. The van der Waals surface area contributed by atoms with Crippen LogP contribution >= 0.6 is 0 Å². The summed E-state index contributed by atoms with van der Waals surface area (Å²) in [4.78, 5) is 0. The number of aliphatic hydroxyl groups is 1. The first-order valence-corrected chi connectivity index (χ1v) is 6.48. The van der Waals surface area contributed by atoms with Crippen LogP contribution in [0.3, 0.4) is 0 Å². The van der Waals surface area contributed by atoms with E-state index in [1.807, 2.05) is 32.3 Å². The summed E-state index contributed by atoms with van der Waals surface area (Å²) >= 11 is 0. The average molecular weight is 246 g/mol. The normalized spacial score (nSPS) is 15.2. The van der Waals surface area contributed by atoms with Crippen molar-refractivity contribution in [3.05, 3.63) is 36.0 Å². The van der Waals surface area contributed by atoms with Gasteiger partial charge in [-0.2, -0.15) is 0 Å². The van der Waals surface area contributed by atoms with E-state index in [1.54, 1.807) is 0 Å². The molecule has 0 fully saturated rings. The minimum atomic E-state index is -0.488. The van der Waals surface area contributed by atoms with Gasteiger partial charge in [0, 0.05) is 41.8 Å². The van der Waals surface area contributed by atoms with Crippen molar-refractivity contribution in [2.24, 2.45) is 7.05 Å². The Morgan fingerprint density at radius 1 is 1.17 bits per heavy atom. The maximum absolute atomic E-state index is 10.5. The molecule has 0 bridgehead atoms. The van der Waals surface area contributed by atoms with Crippen molar-refractivity contribution in [2.75, 3.05) is 0 Å². The molecule has 2 rings (SSSR count). The van der Waals surface area contributed by atoms with Gasteiger partial charge < -0.3 is 15.0 Å². The van der Waals surface area contributed by atoms with Crippen LogP contribution in [-0.2, 0) is 7.05 Å². The van der Waals surface area contributed by atoms with Crippen molar-refractivity contribution in [2.45, 2.75) is 39.0 Å². The van der Waals surface area contributed by atoms with Gasteiger partial charge in [0.2, 0.25) is 0 Å². The van der Waals surface area contributed by atoms with Gasteiger partial charge in [0.25, 0.3) is 0 Å². The summed E-state index contributed by atoms with van der Waals surface area (Å²) in [5.74, 6) is 0. The van der Waals surface area contributed by atoms with Gasteiger partial charge in [0.15, 0.2) is 0 Å². The molecule has 2 N–H and O–H groups in total. The topological polar surface area (TPSA) is 37.2 Å². The standard InChI is InChI=1S/C15H22N2O/c1-10(2)16-11(3)15(18)13-9-17(4)14-8-6-5-7-12(13)14/h5-11,15-16,18H,1-4H3. The summed E-state index contributed by atoms with van der Waals surface area (Å²) in [7, 11) is 2.01. The third kappa shape index (κ3) is 2.42. The SMILES string of the molecule is CC(C)NC(C)C(O)c1cn(C)c2ccccc12. The molecule has 2 atom stereocenters. The summed E-state index contributed by atoms with van der Waals surface area (Å²) in [6.07, 6.45) is 1.53. The van der Waals surface area contributed by atoms with E-state index < -0.39 is 6.10 Å². The number of hydrogen-bond donors (Lipinski definition) is 2. The van der Waals surface area contributed by atoms with Crippen LogP contribution < -0.4 is 5.32 Å². The Morgan fingerprint density at radius 3 is 2.50 bits per heavy atom. The quantitative estimate of drug-likeness (QED) is 0.870. The lowest BCUT2D eigenvalue weighted by Crippen LogP contribution is -2.36. The Kier molecular flexibility index (Phi) is 3.73. The van der Waals surface area contributed by atoms with Crippen LogP contribution in [0.4, 0.5) is 0 Å². The second kappa shape index (κ2) is 5.12. The lowest BCUT2D eigenvalue weighted by atomic mass is 10.0. The third-order valence-corrected chi connectivity index (χ3v) is 3.32. The highest BCUT2D eigenvalue weighted by Gasteiger charge is 2.20. The van der Waals surface area contributed by atoms with Gasteiger partial charge in [-0.15, -0.1) is 0 Å². The van der Waals surface area contributed by atoms with E-state index in [0.29, 0.717) is 6.04 Å². The van der Waals surface area contributed by atoms with E-state index in [9.17, 15) is 5.11 Å². The lowest BCUT2D eigenvalue weighted by molar-refractivity contribution is 0.133. The van der Waals surface area contributed by atoms with Crippen LogP contribution in [0.5, 0.6) is 0 Å². The first-order chi connectivity index (χ1) is 8.50. The van der Waals surface area contributed by atoms with E-state index in [1.165, 1.54) is 0 Å². The number of fused-ring (bicyclic) bond motifs is 1. The second-order valence-corrected chi connectivity index (χ2v) is 5.27. The zero-order chi connectivity index (χ0) is 13.3. The number of para-hydroxylation sites is 1. The fraction of sp³-hybridized carbons (Fsp3) is 0.467. The van der Waals surface area contributed by atoms with Gasteiger partial charge in [0.05, 0.1) is 6.10 Å². The molecule has 0 saturated heterocycles. The number of nitrogens with zero attached hydrogens (tertiary/aromatic N) is 1. The predicted molar refractivity (Wildman–Crippen MR) is 75.6 cm³/mol. The molecular weight excluding hydrogens is 224 g/mol. The number of benzene rings is 1. The summed E-state index contributed by atoms with van der Waals surface area (Å²) < 4.78 is 2.07. The van der Waals surface area contributed by atoms with Gasteiger partial charge in [-0.25, -0.2) is 0 Å². The fourth-order valence-corrected chi connectivity index (χ4v) is 2.49. The first-order valence-electron chi connectivity index (χ1n) is 6.48. The Bertz CT molecular complexity index is 530. The van der Waals surface area contributed by atoms with Gasteiger partial charge in [-0.1, -0.05) is 32.0 Å². The van der Waals surface area contributed by atoms with Gasteiger partial charge >= 0.3 is 0 Å².